The van der Waals surface area contributed by atoms with Gasteiger partial charge in [0.1, 0.15) is 5.82 Å². The van der Waals surface area contributed by atoms with E-state index in [0.29, 0.717) is 4.75 Å². The first-order valence-electron chi connectivity index (χ1n) is 7.16. The van der Waals surface area contributed by atoms with Gasteiger partial charge in [0.2, 0.25) is 0 Å². The molecule has 0 radical (unpaired) electrons. The summed E-state index contributed by atoms with van der Waals surface area (Å²) in [6.45, 7) is 3.60. The molecule has 2 rings (SSSR count). The molecule has 0 saturated heterocycles. The molecule has 19 heavy (non-hydrogen) atoms. The Morgan fingerprint density at radius 3 is 2.63 bits per heavy atom. The van der Waals surface area contributed by atoms with Crippen LogP contribution in [0.4, 0.5) is 4.39 Å². The van der Waals surface area contributed by atoms with E-state index in [9.17, 15) is 4.39 Å². The third kappa shape index (κ3) is 3.96. The zero-order valence-electron chi connectivity index (χ0n) is 12.0. The van der Waals surface area contributed by atoms with Crippen LogP contribution in [0.2, 0.25) is 0 Å². The molecule has 0 aromatic heterocycles. The van der Waals surface area contributed by atoms with Crippen LogP contribution in [0.5, 0.6) is 0 Å². The van der Waals surface area contributed by atoms with E-state index in [2.05, 4.69) is 11.6 Å². The Hall–Kier alpha value is -0.540. The molecule has 0 atom stereocenters. The Morgan fingerprint density at radius 2 is 2.00 bits per heavy atom. The second kappa shape index (κ2) is 6.76. The Morgan fingerprint density at radius 1 is 1.26 bits per heavy atom. The van der Waals surface area contributed by atoms with Crippen LogP contribution >= 0.6 is 11.8 Å². The molecule has 0 aliphatic heterocycles. The fraction of sp³-hybridized carbons (Fsp3) is 0.625. The number of benzene rings is 1. The predicted molar refractivity (Wildman–Crippen MR) is 82.2 cm³/mol. The van der Waals surface area contributed by atoms with Gasteiger partial charge in [-0.2, -0.15) is 11.8 Å². The molecule has 1 aromatic rings. The zero-order chi connectivity index (χ0) is 13.7. The van der Waals surface area contributed by atoms with Gasteiger partial charge in [-0.1, -0.05) is 31.4 Å². The normalized spacial score (nSPS) is 18.5. The molecule has 1 nitrogen and oxygen atoms in total. The highest BCUT2D eigenvalue weighted by atomic mass is 32.2. The lowest BCUT2D eigenvalue weighted by Gasteiger charge is -2.36. The fourth-order valence-electron chi connectivity index (χ4n) is 2.83. The van der Waals surface area contributed by atoms with Crippen LogP contribution in [0.3, 0.4) is 0 Å². The summed E-state index contributed by atoms with van der Waals surface area (Å²) >= 11 is 2.00. The van der Waals surface area contributed by atoms with E-state index in [1.807, 2.05) is 23.9 Å². The summed E-state index contributed by atoms with van der Waals surface area (Å²) in [6.07, 6.45) is 8.92. The molecule has 0 unspecified atom stereocenters. The topological polar surface area (TPSA) is 12.0 Å². The molecule has 1 aromatic carbocycles. The molecule has 0 heterocycles. The lowest BCUT2D eigenvalue weighted by Crippen LogP contribution is -2.39. The minimum absolute atomic E-state index is 0.100. The largest absolute Gasteiger partial charge is 0.311 e. The summed E-state index contributed by atoms with van der Waals surface area (Å²) in [5.41, 5.74) is 1.76. The zero-order valence-corrected chi connectivity index (χ0v) is 12.8. The SMILES string of the molecule is CSC1(CNCc2ccc(C)c(F)c2)CCCCC1. The summed E-state index contributed by atoms with van der Waals surface area (Å²) in [7, 11) is 0. The van der Waals surface area contributed by atoms with Gasteiger partial charge in [0.05, 0.1) is 0 Å². The van der Waals surface area contributed by atoms with E-state index < -0.39 is 0 Å². The van der Waals surface area contributed by atoms with Crippen molar-refractivity contribution in [1.82, 2.24) is 5.32 Å². The standard InChI is InChI=1S/C16H24FNS/c1-13-6-7-14(10-15(13)17)11-18-12-16(19-2)8-4-3-5-9-16/h6-7,10,18H,3-5,8-9,11-12H2,1-2H3. The molecular formula is C16H24FNS. The van der Waals surface area contributed by atoms with E-state index in [0.717, 1.165) is 24.2 Å². The predicted octanol–water partition coefficient (Wildman–Crippen LogP) is 4.29. The summed E-state index contributed by atoms with van der Waals surface area (Å²) in [6, 6.07) is 5.52. The van der Waals surface area contributed by atoms with Crippen molar-refractivity contribution < 1.29 is 4.39 Å². The Kier molecular flexibility index (Phi) is 5.28. The van der Waals surface area contributed by atoms with Crippen LogP contribution in [0.1, 0.15) is 43.2 Å². The number of rotatable bonds is 5. The van der Waals surface area contributed by atoms with Gasteiger partial charge in [-0.25, -0.2) is 4.39 Å². The second-order valence-corrected chi connectivity index (χ2v) is 6.91. The Labute approximate surface area is 120 Å². The monoisotopic (exact) mass is 281 g/mol. The van der Waals surface area contributed by atoms with E-state index in [1.54, 1.807) is 13.0 Å². The van der Waals surface area contributed by atoms with Crippen molar-refractivity contribution in [3.63, 3.8) is 0 Å². The van der Waals surface area contributed by atoms with Crippen LogP contribution in [0, 0.1) is 12.7 Å². The third-order valence-corrected chi connectivity index (χ3v) is 5.63. The highest BCUT2D eigenvalue weighted by Gasteiger charge is 2.30. The van der Waals surface area contributed by atoms with Crippen LogP contribution < -0.4 is 5.32 Å². The highest BCUT2D eigenvalue weighted by molar-refractivity contribution is 8.00. The van der Waals surface area contributed by atoms with E-state index >= 15 is 0 Å². The van der Waals surface area contributed by atoms with Crippen molar-refractivity contribution >= 4 is 11.8 Å². The van der Waals surface area contributed by atoms with E-state index in [4.69, 9.17) is 0 Å². The smallest absolute Gasteiger partial charge is 0.126 e. The molecule has 1 N–H and O–H groups in total. The molecule has 1 fully saturated rings. The molecular weight excluding hydrogens is 257 g/mol. The number of thioether (sulfide) groups is 1. The Bertz CT molecular complexity index is 413. The van der Waals surface area contributed by atoms with E-state index in [-0.39, 0.29) is 5.82 Å². The molecule has 1 aliphatic carbocycles. The van der Waals surface area contributed by atoms with Gasteiger partial charge >= 0.3 is 0 Å². The van der Waals surface area contributed by atoms with Crippen molar-refractivity contribution in [3.05, 3.63) is 35.1 Å². The van der Waals surface area contributed by atoms with Crippen molar-refractivity contribution in [2.24, 2.45) is 0 Å². The lowest BCUT2D eigenvalue weighted by atomic mass is 9.88. The van der Waals surface area contributed by atoms with Crippen molar-refractivity contribution in [1.29, 1.82) is 0 Å². The van der Waals surface area contributed by atoms with Crippen molar-refractivity contribution in [3.8, 4) is 0 Å². The van der Waals surface area contributed by atoms with Crippen LogP contribution in [-0.2, 0) is 6.54 Å². The average molecular weight is 281 g/mol. The first kappa shape index (κ1) is 14.9. The molecule has 1 saturated carbocycles. The molecule has 3 heteroatoms. The van der Waals surface area contributed by atoms with Gasteiger partial charge in [-0.15, -0.1) is 0 Å². The molecule has 0 amide bonds. The summed E-state index contributed by atoms with van der Waals surface area (Å²) in [4.78, 5) is 0. The first-order chi connectivity index (χ1) is 9.15. The number of aryl methyl sites for hydroxylation is 1. The fourth-order valence-corrected chi connectivity index (χ4v) is 3.77. The molecule has 1 aliphatic rings. The van der Waals surface area contributed by atoms with Gasteiger partial charge < -0.3 is 5.32 Å². The second-order valence-electron chi connectivity index (χ2n) is 5.63. The van der Waals surface area contributed by atoms with Crippen LogP contribution in [-0.4, -0.2) is 17.5 Å². The van der Waals surface area contributed by atoms with Crippen LogP contribution in [0.15, 0.2) is 18.2 Å². The molecule has 106 valence electrons. The number of halogens is 1. The van der Waals surface area contributed by atoms with Gasteiger partial charge in [0, 0.05) is 17.8 Å². The quantitative estimate of drug-likeness (QED) is 0.864. The van der Waals surface area contributed by atoms with Gasteiger partial charge in [0.25, 0.3) is 0 Å². The highest BCUT2D eigenvalue weighted by Crippen LogP contribution is 2.37. The maximum atomic E-state index is 13.5. The minimum Gasteiger partial charge on any atom is -0.311 e. The third-order valence-electron chi connectivity index (χ3n) is 4.21. The van der Waals surface area contributed by atoms with E-state index in [1.165, 1.54) is 32.1 Å². The van der Waals surface area contributed by atoms with Crippen molar-refractivity contribution in [2.75, 3.05) is 12.8 Å². The van der Waals surface area contributed by atoms with Gasteiger partial charge in [-0.3, -0.25) is 0 Å². The number of hydrogen-bond donors (Lipinski definition) is 1. The summed E-state index contributed by atoms with van der Waals surface area (Å²) in [5.74, 6) is -0.100. The summed E-state index contributed by atoms with van der Waals surface area (Å²) in [5, 5.41) is 3.52. The maximum absolute atomic E-state index is 13.5. The lowest BCUT2D eigenvalue weighted by molar-refractivity contribution is 0.379. The minimum atomic E-state index is -0.100. The number of nitrogens with one attached hydrogen (secondary N) is 1. The van der Waals surface area contributed by atoms with Gasteiger partial charge in [-0.05, 0) is 43.2 Å². The average Bonchev–Trinajstić information content (AvgIpc) is 2.44. The molecule has 0 bridgehead atoms. The number of hydrogen-bond acceptors (Lipinski definition) is 2. The Balaban J connectivity index is 1.86. The first-order valence-corrected chi connectivity index (χ1v) is 8.39. The van der Waals surface area contributed by atoms with Gasteiger partial charge in [0.15, 0.2) is 0 Å². The van der Waals surface area contributed by atoms with Crippen LogP contribution in [0.25, 0.3) is 0 Å². The summed E-state index contributed by atoms with van der Waals surface area (Å²) < 4.78 is 13.9. The van der Waals surface area contributed by atoms with Crippen molar-refractivity contribution in [2.45, 2.75) is 50.3 Å². The molecule has 0 spiro atoms. The maximum Gasteiger partial charge on any atom is 0.126 e.